The van der Waals surface area contributed by atoms with E-state index in [0.29, 0.717) is 23.4 Å². The van der Waals surface area contributed by atoms with Gasteiger partial charge in [-0.1, -0.05) is 29.8 Å². The summed E-state index contributed by atoms with van der Waals surface area (Å²) in [5.74, 6) is -0.140. The SMILES string of the molecule is CC(C)(CCO)CNC(=O)c1ccc(Br)cc1S. The summed E-state index contributed by atoms with van der Waals surface area (Å²) in [5, 5.41) is 11.8. The number of nitrogens with one attached hydrogen (secondary N) is 1. The standard InChI is InChI=1S/C13H18BrNO2S/c1-13(2,5-6-16)8-15-12(17)10-4-3-9(14)7-11(10)18/h3-4,7,16,18H,5-6,8H2,1-2H3,(H,15,17). The molecule has 0 saturated carbocycles. The Balaban J connectivity index is 2.66. The first-order chi connectivity index (χ1) is 8.35. The molecule has 0 unspecified atom stereocenters. The van der Waals surface area contributed by atoms with Gasteiger partial charge in [0, 0.05) is 22.5 Å². The van der Waals surface area contributed by atoms with E-state index in [1.807, 2.05) is 19.9 Å². The van der Waals surface area contributed by atoms with E-state index in [9.17, 15) is 4.79 Å². The zero-order valence-corrected chi connectivity index (χ0v) is 13.0. The number of aliphatic hydroxyl groups excluding tert-OH is 1. The van der Waals surface area contributed by atoms with Crippen molar-refractivity contribution in [1.82, 2.24) is 5.32 Å². The van der Waals surface area contributed by atoms with Gasteiger partial charge in [-0.3, -0.25) is 4.79 Å². The van der Waals surface area contributed by atoms with Crippen LogP contribution in [0.15, 0.2) is 27.6 Å². The van der Waals surface area contributed by atoms with Gasteiger partial charge in [-0.15, -0.1) is 12.6 Å². The minimum atomic E-state index is -0.140. The lowest BCUT2D eigenvalue weighted by Gasteiger charge is -2.24. The Morgan fingerprint density at radius 3 is 2.72 bits per heavy atom. The number of halogens is 1. The van der Waals surface area contributed by atoms with Crippen LogP contribution in [0.5, 0.6) is 0 Å². The maximum atomic E-state index is 12.0. The quantitative estimate of drug-likeness (QED) is 0.726. The van der Waals surface area contributed by atoms with Gasteiger partial charge in [0.05, 0.1) is 5.56 Å². The fourth-order valence-electron chi connectivity index (χ4n) is 1.50. The van der Waals surface area contributed by atoms with E-state index >= 15 is 0 Å². The van der Waals surface area contributed by atoms with Gasteiger partial charge in [-0.2, -0.15) is 0 Å². The fraction of sp³-hybridized carbons (Fsp3) is 0.462. The van der Waals surface area contributed by atoms with E-state index in [1.165, 1.54) is 0 Å². The lowest BCUT2D eigenvalue weighted by Crippen LogP contribution is -2.34. The van der Waals surface area contributed by atoms with E-state index in [1.54, 1.807) is 12.1 Å². The Hall–Kier alpha value is -0.520. The van der Waals surface area contributed by atoms with Crippen LogP contribution in [0.1, 0.15) is 30.6 Å². The van der Waals surface area contributed by atoms with Crippen molar-refractivity contribution in [2.75, 3.05) is 13.2 Å². The minimum absolute atomic E-state index is 0.115. The fourth-order valence-corrected chi connectivity index (χ4v) is 2.36. The Morgan fingerprint density at radius 1 is 1.50 bits per heavy atom. The molecule has 100 valence electrons. The van der Waals surface area contributed by atoms with Crippen LogP contribution in [-0.2, 0) is 0 Å². The second-order valence-electron chi connectivity index (χ2n) is 4.98. The van der Waals surface area contributed by atoms with Crippen LogP contribution in [-0.4, -0.2) is 24.2 Å². The van der Waals surface area contributed by atoms with Crippen molar-refractivity contribution in [3.05, 3.63) is 28.2 Å². The third-order valence-electron chi connectivity index (χ3n) is 2.72. The molecule has 5 heteroatoms. The molecular formula is C13H18BrNO2S. The molecule has 0 fully saturated rings. The molecule has 0 saturated heterocycles. The summed E-state index contributed by atoms with van der Waals surface area (Å²) in [6, 6.07) is 5.34. The highest BCUT2D eigenvalue weighted by molar-refractivity contribution is 9.10. The Kier molecular flexibility index (Phi) is 5.69. The first-order valence-corrected chi connectivity index (χ1v) is 6.97. The highest BCUT2D eigenvalue weighted by atomic mass is 79.9. The van der Waals surface area contributed by atoms with Gasteiger partial charge in [0.25, 0.3) is 5.91 Å². The molecule has 1 rings (SSSR count). The number of aliphatic hydroxyl groups is 1. The van der Waals surface area contributed by atoms with Crippen molar-refractivity contribution in [2.45, 2.75) is 25.2 Å². The number of carbonyl (C=O) groups excluding carboxylic acids is 1. The molecule has 0 atom stereocenters. The Morgan fingerprint density at radius 2 is 2.17 bits per heavy atom. The van der Waals surface area contributed by atoms with Crippen molar-refractivity contribution in [2.24, 2.45) is 5.41 Å². The van der Waals surface area contributed by atoms with Crippen molar-refractivity contribution in [3.8, 4) is 0 Å². The lowest BCUT2D eigenvalue weighted by atomic mass is 9.89. The van der Waals surface area contributed by atoms with Crippen molar-refractivity contribution in [3.63, 3.8) is 0 Å². The van der Waals surface area contributed by atoms with Gasteiger partial charge >= 0.3 is 0 Å². The summed E-state index contributed by atoms with van der Waals surface area (Å²) >= 11 is 7.61. The van der Waals surface area contributed by atoms with Crippen LogP contribution in [0, 0.1) is 5.41 Å². The lowest BCUT2D eigenvalue weighted by molar-refractivity contribution is 0.0925. The summed E-state index contributed by atoms with van der Waals surface area (Å²) in [6.45, 7) is 4.66. The number of amides is 1. The second-order valence-corrected chi connectivity index (χ2v) is 6.38. The summed E-state index contributed by atoms with van der Waals surface area (Å²) in [7, 11) is 0. The molecule has 0 heterocycles. The molecule has 1 amide bonds. The van der Waals surface area contributed by atoms with Crippen LogP contribution >= 0.6 is 28.6 Å². The largest absolute Gasteiger partial charge is 0.396 e. The topological polar surface area (TPSA) is 49.3 Å². The van der Waals surface area contributed by atoms with Gasteiger partial charge in [0.15, 0.2) is 0 Å². The number of hydrogen-bond donors (Lipinski definition) is 3. The monoisotopic (exact) mass is 331 g/mol. The van der Waals surface area contributed by atoms with Crippen molar-refractivity contribution < 1.29 is 9.90 Å². The van der Waals surface area contributed by atoms with E-state index in [-0.39, 0.29) is 17.9 Å². The second kappa shape index (κ2) is 6.59. The third-order valence-corrected chi connectivity index (χ3v) is 3.58. The molecule has 1 aromatic rings. The molecule has 0 aromatic heterocycles. The minimum Gasteiger partial charge on any atom is -0.396 e. The molecular weight excluding hydrogens is 314 g/mol. The van der Waals surface area contributed by atoms with Crippen LogP contribution in [0.25, 0.3) is 0 Å². The zero-order valence-electron chi connectivity index (χ0n) is 10.5. The highest BCUT2D eigenvalue weighted by Gasteiger charge is 2.19. The summed E-state index contributed by atoms with van der Waals surface area (Å²) in [4.78, 5) is 12.6. The van der Waals surface area contributed by atoms with E-state index in [0.717, 1.165) is 4.47 Å². The Labute approximate surface area is 122 Å². The van der Waals surface area contributed by atoms with Gasteiger partial charge in [0.1, 0.15) is 0 Å². The van der Waals surface area contributed by atoms with Gasteiger partial charge in [-0.05, 0) is 30.0 Å². The average molecular weight is 332 g/mol. The van der Waals surface area contributed by atoms with Crippen molar-refractivity contribution >= 4 is 34.5 Å². The zero-order chi connectivity index (χ0) is 13.8. The molecule has 1 aromatic carbocycles. The molecule has 2 N–H and O–H groups in total. The van der Waals surface area contributed by atoms with Crippen LogP contribution in [0.2, 0.25) is 0 Å². The average Bonchev–Trinajstić information content (AvgIpc) is 2.26. The van der Waals surface area contributed by atoms with Gasteiger partial charge in [0.2, 0.25) is 0 Å². The van der Waals surface area contributed by atoms with E-state index in [2.05, 4.69) is 33.9 Å². The van der Waals surface area contributed by atoms with Crippen LogP contribution in [0.3, 0.4) is 0 Å². The number of rotatable bonds is 5. The number of thiol groups is 1. The smallest absolute Gasteiger partial charge is 0.252 e. The Bertz CT molecular complexity index is 435. The molecule has 0 radical (unpaired) electrons. The number of hydrogen-bond acceptors (Lipinski definition) is 3. The maximum absolute atomic E-state index is 12.0. The molecule has 3 nitrogen and oxygen atoms in total. The van der Waals surface area contributed by atoms with Crippen molar-refractivity contribution in [1.29, 1.82) is 0 Å². The molecule has 0 aliphatic heterocycles. The van der Waals surface area contributed by atoms with E-state index < -0.39 is 0 Å². The van der Waals surface area contributed by atoms with Crippen LogP contribution in [0.4, 0.5) is 0 Å². The van der Waals surface area contributed by atoms with Crippen LogP contribution < -0.4 is 5.32 Å². The normalized spacial score (nSPS) is 11.4. The van der Waals surface area contributed by atoms with Gasteiger partial charge in [-0.25, -0.2) is 0 Å². The molecule has 0 aliphatic carbocycles. The first-order valence-electron chi connectivity index (χ1n) is 5.73. The predicted molar refractivity (Wildman–Crippen MR) is 79.2 cm³/mol. The molecule has 18 heavy (non-hydrogen) atoms. The third kappa shape index (κ3) is 4.63. The first kappa shape index (κ1) is 15.5. The number of carbonyl (C=O) groups is 1. The molecule has 0 bridgehead atoms. The number of benzene rings is 1. The molecule has 0 aliphatic rings. The highest BCUT2D eigenvalue weighted by Crippen LogP contribution is 2.21. The maximum Gasteiger partial charge on any atom is 0.252 e. The summed E-state index contributed by atoms with van der Waals surface area (Å²) < 4.78 is 0.893. The van der Waals surface area contributed by atoms with E-state index in [4.69, 9.17) is 5.11 Å². The molecule has 0 spiro atoms. The van der Waals surface area contributed by atoms with Gasteiger partial charge < -0.3 is 10.4 Å². The predicted octanol–water partition coefficient (Wildman–Crippen LogP) is 2.88. The summed E-state index contributed by atoms with van der Waals surface area (Å²) in [5.41, 5.74) is 0.442. The summed E-state index contributed by atoms with van der Waals surface area (Å²) in [6.07, 6.45) is 0.654.